The zero-order chi connectivity index (χ0) is 15.1. The van der Waals surface area contributed by atoms with Gasteiger partial charge >= 0.3 is 0 Å². The van der Waals surface area contributed by atoms with Crippen LogP contribution in [0.3, 0.4) is 0 Å². The summed E-state index contributed by atoms with van der Waals surface area (Å²) in [5.41, 5.74) is -0.360. The maximum Gasteiger partial charge on any atom is 0.271 e. The van der Waals surface area contributed by atoms with Gasteiger partial charge in [0, 0.05) is 6.07 Å². The summed E-state index contributed by atoms with van der Waals surface area (Å²) in [6, 6.07) is 2.94. The van der Waals surface area contributed by atoms with Gasteiger partial charge in [-0.05, 0) is 40.5 Å². The van der Waals surface area contributed by atoms with E-state index in [-0.39, 0.29) is 14.8 Å². The molecule has 2 aromatic rings. The molecule has 0 fully saturated rings. The van der Waals surface area contributed by atoms with Crippen LogP contribution in [-0.2, 0) is 10.0 Å². The molecule has 1 aromatic carbocycles. The molecule has 0 radical (unpaired) electrons. The van der Waals surface area contributed by atoms with Gasteiger partial charge in [-0.1, -0.05) is 11.6 Å². The highest BCUT2D eigenvalue weighted by Crippen LogP contribution is 2.35. The SMILES string of the molecule is Cc1cc(F)c(NS(=O)(=O)c2cc(Cl)c(Br)s2)cc1F. The summed E-state index contributed by atoms with van der Waals surface area (Å²) in [7, 11) is -4.02. The van der Waals surface area contributed by atoms with Crippen molar-refractivity contribution in [2.24, 2.45) is 0 Å². The summed E-state index contributed by atoms with van der Waals surface area (Å²) < 4.78 is 53.4. The Morgan fingerprint density at radius 1 is 1.25 bits per heavy atom. The minimum Gasteiger partial charge on any atom is -0.276 e. The monoisotopic (exact) mass is 401 g/mol. The van der Waals surface area contributed by atoms with Crippen molar-refractivity contribution in [3.8, 4) is 0 Å². The van der Waals surface area contributed by atoms with Crippen molar-refractivity contribution in [1.29, 1.82) is 0 Å². The van der Waals surface area contributed by atoms with Crippen LogP contribution in [0.2, 0.25) is 5.02 Å². The molecule has 0 aliphatic rings. The van der Waals surface area contributed by atoms with Crippen molar-refractivity contribution in [3.05, 3.63) is 44.2 Å². The van der Waals surface area contributed by atoms with Gasteiger partial charge < -0.3 is 0 Å². The topological polar surface area (TPSA) is 46.2 Å². The van der Waals surface area contributed by atoms with Crippen molar-refractivity contribution in [3.63, 3.8) is 0 Å². The summed E-state index contributed by atoms with van der Waals surface area (Å²) in [6.45, 7) is 1.38. The largest absolute Gasteiger partial charge is 0.276 e. The maximum atomic E-state index is 13.6. The second kappa shape index (κ2) is 5.59. The molecule has 0 saturated heterocycles. The molecule has 0 unspecified atom stereocenters. The van der Waals surface area contributed by atoms with Gasteiger partial charge in [-0.2, -0.15) is 0 Å². The van der Waals surface area contributed by atoms with E-state index in [4.69, 9.17) is 11.6 Å². The predicted molar refractivity (Wildman–Crippen MR) is 78.9 cm³/mol. The average Bonchev–Trinajstić information content (AvgIpc) is 2.67. The molecule has 0 spiro atoms. The van der Waals surface area contributed by atoms with Crippen LogP contribution in [0.5, 0.6) is 0 Å². The Kier molecular flexibility index (Phi) is 4.38. The second-order valence-electron chi connectivity index (χ2n) is 3.87. The van der Waals surface area contributed by atoms with E-state index >= 15 is 0 Å². The van der Waals surface area contributed by atoms with Crippen LogP contribution in [0.25, 0.3) is 0 Å². The molecule has 1 heterocycles. The van der Waals surface area contributed by atoms with Crippen molar-refractivity contribution in [2.45, 2.75) is 11.1 Å². The van der Waals surface area contributed by atoms with Gasteiger partial charge in [0.05, 0.1) is 14.5 Å². The average molecular weight is 403 g/mol. The van der Waals surface area contributed by atoms with Crippen LogP contribution in [0.15, 0.2) is 26.2 Å². The first kappa shape index (κ1) is 15.7. The molecule has 0 atom stereocenters. The third-order valence-electron chi connectivity index (χ3n) is 2.38. The molecule has 3 nitrogen and oxygen atoms in total. The normalized spacial score (nSPS) is 11.7. The van der Waals surface area contributed by atoms with Gasteiger partial charge in [-0.15, -0.1) is 11.3 Å². The highest BCUT2D eigenvalue weighted by atomic mass is 79.9. The molecule has 0 aliphatic heterocycles. The molecule has 2 rings (SSSR count). The number of benzene rings is 1. The van der Waals surface area contributed by atoms with E-state index in [0.717, 1.165) is 23.5 Å². The lowest BCUT2D eigenvalue weighted by molar-refractivity contribution is 0.591. The second-order valence-corrected chi connectivity index (χ2v) is 8.56. The molecule has 1 N–H and O–H groups in total. The first-order valence-corrected chi connectivity index (χ1v) is 8.61. The fraction of sp³-hybridized carbons (Fsp3) is 0.0909. The third-order valence-corrected chi connectivity index (χ3v) is 6.69. The number of anilines is 1. The van der Waals surface area contributed by atoms with E-state index in [1.807, 2.05) is 4.72 Å². The van der Waals surface area contributed by atoms with Gasteiger partial charge in [-0.3, -0.25) is 4.72 Å². The fourth-order valence-corrected chi connectivity index (χ4v) is 4.84. The minimum absolute atomic E-state index is 0.0901. The van der Waals surface area contributed by atoms with Crippen LogP contribution in [0, 0.1) is 18.6 Å². The van der Waals surface area contributed by atoms with Gasteiger partial charge in [0.2, 0.25) is 0 Å². The lowest BCUT2D eigenvalue weighted by Crippen LogP contribution is -2.13. The lowest BCUT2D eigenvalue weighted by atomic mass is 10.2. The number of nitrogens with one attached hydrogen (secondary N) is 1. The molecule has 0 amide bonds. The number of rotatable bonds is 3. The molecule has 0 saturated carbocycles. The van der Waals surface area contributed by atoms with Crippen molar-refractivity contribution >= 4 is 54.6 Å². The Balaban J connectivity index is 2.40. The first-order chi connectivity index (χ1) is 9.20. The smallest absolute Gasteiger partial charge is 0.271 e. The summed E-state index contributed by atoms with van der Waals surface area (Å²) in [5.74, 6) is -1.55. The zero-order valence-corrected chi connectivity index (χ0v) is 13.9. The van der Waals surface area contributed by atoms with Crippen LogP contribution < -0.4 is 4.72 Å². The van der Waals surface area contributed by atoms with Crippen molar-refractivity contribution < 1.29 is 17.2 Å². The highest BCUT2D eigenvalue weighted by Gasteiger charge is 2.21. The number of aryl methyl sites for hydroxylation is 1. The molecule has 0 aliphatic carbocycles. The number of sulfonamides is 1. The molecular weight excluding hydrogens is 396 g/mol. The standard InChI is InChI=1S/C11H7BrClF2NO2S2/c1-5-2-8(15)9(4-7(5)14)16-20(17,18)10-3-6(13)11(12)19-10/h2-4,16H,1H3. The molecule has 9 heteroatoms. The van der Waals surface area contributed by atoms with E-state index in [0.29, 0.717) is 3.79 Å². The number of thiophene rings is 1. The Hall–Kier alpha value is -0.700. The number of halogens is 4. The van der Waals surface area contributed by atoms with Crippen LogP contribution >= 0.6 is 38.9 Å². The van der Waals surface area contributed by atoms with E-state index in [2.05, 4.69) is 15.9 Å². The zero-order valence-electron chi connectivity index (χ0n) is 9.88. The minimum atomic E-state index is -4.02. The molecule has 20 heavy (non-hydrogen) atoms. The Labute approximate surface area is 131 Å². The van der Waals surface area contributed by atoms with Crippen LogP contribution in [0.4, 0.5) is 14.5 Å². The summed E-state index contributed by atoms with van der Waals surface area (Å²) in [5, 5.41) is 0.228. The third kappa shape index (κ3) is 3.13. The first-order valence-electron chi connectivity index (χ1n) is 5.14. The molecular formula is C11H7BrClF2NO2S2. The quantitative estimate of drug-likeness (QED) is 0.818. The summed E-state index contributed by atoms with van der Waals surface area (Å²) >= 11 is 9.71. The van der Waals surface area contributed by atoms with Crippen LogP contribution in [-0.4, -0.2) is 8.42 Å². The Morgan fingerprint density at radius 2 is 1.90 bits per heavy atom. The Morgan fingerprint density at radius 3 is 2.45 bits per heavy atom. The van der Waals surface area contributed by atoms with Crippen LogP contribution in [0.1, 0.15) is 5.56 Å². The van der Waals surface area contributed by atoms with E-state index in [9.17, 15) is 17.2 Å². The molecule has 0 bridgehead atoms. The molecule has 108 valence electrons. The van der Waals surface area contributed by atoms with Gasteiger partial charge in [0.1, 0.15) is 15.8 Å². The lowest BCUT2D eigenvalue weighted by Gasteiger charge is -2.08. The van der Waals surface area contributed by atoms with Gasteiger partial charge in [-0.25, -0.2) is 17.2 Å². The Bertz CT molecular complexity index is 757. The molecule has 1 aromatic heterocycles. The van der Waals surface area contributed by atoms with E-state index in [1.165, 1.54) is 13.0 Å². The van der Waals surface area contributed by atoms with Crippen molar-refractivity contribution in [2.75, 3.05) is 4.72 Å². The fourth-order valence-electron chi connectivity index (χ4n) is 1.38. The van der Waals surface area contributed by atoms with E-state index in [1.54, 1.807) is 0 Å². The van der Waals surface area contributed by atoms with Gasteiger partial charge in [0.25, 0.3) is 10.0 Å². The predicted octanol–water partition coefficient (Wildman–Crippen LogP) is 4.55. The van der Waals surface area contributed by atoms with E-state index < -0.39 is 27.3 Å². The maximum absolute atomic E-state index is 13.6. The van der Waals surface area contributed by atoms with Crippen molar-refractivity contribution in [1.82, 2.24) is 0 Å². The summed E-state index contributed by atoms with van der Waals surface area (Å²) in [4.78, 5) is 0. The highest BCUT2D eigenvalue weighted by molar-refractivity contribution is 9.11. The van der Waals surface area contributed by atoms with Gasteiger partial charge in [0.15, 0.2) is 0 Å². The summed E-state index contributed by atoms with van der Waals surface area (Å²) in [6.07, 6.45) is 0. The number of hydrogen-bond donors (Lipinski definition) is 1. The number of hydrogen-bond acceptors (Lipinski definition) is 3.